The molecule has 0 aromatic heterocycles. The quantitative estimate of drug-likeness (QED) is 0.475. The largest absolute Gasteiger partial charge is 0.417 e. The van der Waals surface area contributed by atoms with E-state index in [1.54, 1.807) is 0 Å². The number of hydrogen-bond acceptors (Lipinski definition) is 3. The molecule has 0 aromatic carbocycles. The van der Waals surface area contributed by atoms with Crippen molar-refractivity contribution in [3.8, 4) is 0 Å². The Balaban J connectivity index is 3.91. The van der Waals surface area contributed by atoms with Crippen LogP contribution in [0.15, 0.2) is 0 Å². The van der Waals surface area contributed by atoms with Crippen LogP contribution in [0.5, 0.6) is 0 Å². The monoisotopic (exact) mass is 230 g/mol. The molecule has 0 heterocycles. The minimum Gasteiger partial charge on any atom is -0.417 e. The van der Waals surface area contributed by atoms with Crippen molar-refractivity contribution < 1.29 is 14.0 Å². The van der Waals surface area contributed by atoms with Crippen LogP contribution in [0.3, 0.4) is 0 Å². The number of hydrogen-bond donors (Lipinski definition) is 0. The van der Waals surface area contributed by atoms with E-state index in [1.165, 1.54) is 6.92 Å². The fourth-order valence-electron chi connectivity index (χ4n) is 1.50. The molecule has 0 aliphatic rings. The van der Waals surface area contributed by atoms with E-state index in [1.807, 2.05) is 6.92 Å². The summed E-state index contributed by atoms with van der Waals surface area (Å²) in [6.45, 7) is 8.41. The van der Waals surface area contributed by atoms with E-state index in [9.17, 15) is 9.59 Å². The summed E-state index contributed by atoms with van der Waals surface area (Å²) < 4.78 is 5.76. The van der Waals surface area contributed by atoms with E-state index in [2.05, 4.69) is 13.5 Å². The summed E-state index contributed by atoms with van der Waals surface area (Å²) in [4.78, 5) is 21.8. The second-order valence-electron chi connectivity index (χ2n) is 4.07. The van der Waals surface area contributed by atoms with Crippen LogP contribution in [0.4, 0.5) is 0 Å². The zero-order chi connectivity index (χ0) is 11.9. The molecule has 3 nitrogen and oxygen atoms in total. The van der Waals surface area contributed by atoms with E-state index in [4.69, 9.17) is 4.43 Å². The predicted molar refractivity (Wildman–Crippen MR) is 63.5 cm³/mol. The lowest BCUT2D eigenvalue weighted by Gasteiger charge is -2.25. The highest BCUT2D eigenvalue weighted by Crippen LogP contribution is 2.19. The molecule has 0 spiro atoms. The molecule has 4 heteroatoms. The fraction of sp³-hybridized carbons (Fsp3) is 0.818. The van der Waals surface area contributed by atoms with Gasteiger partial charge in [0.1, 0.15) is 0 Å². The first-order valence-electron chi connectivity index (χ1n) is 5.63. The first-order chi connectivity index (χ1) is 6.95. The van der Waals surface area contributed by atoms with Crippen molar-refractivity contribution in [3.63, 3.8) is 0 Å². The molecule has 0 radical (unpaired) electrons. The molecular formula is C11H22O3Si. The minimum absolute atomic E-state index is 0.251. The van der Waals surface area contributed by atoms with Crippen LogP contribution < -0.4 is 0 Å². The first-order valence-corrected chi connectivity index (χ1v) is 8.45. The van der Waals surface area contributed by atoms with Gasteiger partial charge in [0, 0.05) is 20.0 Å². The SMILES string of the molecule is CCO[Si](C)(CC)CCCC(=O)C(C)=O. The van der Waals surface area contributed by atoms with Gasteiger partial charge in [-0.25, -0.2) is 0 Å². The molecule has 0 rings (SSSR count). The molecule has 15 heavy (non-hydrogen) atoms. The van der Waals surface area contributed by atoms with Crippen molar-refractivity contribution in [1.29, 1.82) is 0 Å². The van der Waals surface area contributed by atoms with Gasteiger partial charge in [0.15, 0.2) is 19.9 Å². The van der Waals surface area contributed by atoms with Crippen molar-refractivity contribution in [2.45, 2.75) is 52.2 Å². The molecule has 88 valence electrons. The highest BCUT2D eigenvalue weighted by molar-refractivity contribution is 6.72. The van der Waals surface area contributed by atoms with E-state index >= 15 is 0 Å². The Morgan fingerprint density at radius 1 is 1.27 bits per heavy atom. The summed E-state index contributed by atoms with van der Waals surface area (Å²) in [7, 11) is -1.59. The van der Waals surface area contributed by atoms with E-state index in [-0.39, 0.29) is 11.6 Å². The zero-order valence-corrected chi connectivity index (χ0v) is 11.3. The van der Waals surface area contributed by atoms with E-state index in [0.29, 0.717) is 6.42 Å². The summed E-state index contributed by atoms with van der Waals surface area (Å²) >= 11 is 0. The Labute approximate surface area is 93.3 Å². The molecule has 0 aliphatic heterocycles. The maximum absolute atomic E-state index is 11.1. The van der Waals surface area contributed by atoms with E-state index < -0.39 is 8.32 Å². The standard InChI is InChI=1S/C11H22O3Si/c1-5-14-15(4,6-2)9-7-8-11(13)10(3)12/h5-9H2,1-4H3. The maximum atomic E-state index is 11.1. The Morgan fingerprint density at radius 3 is 2.27 bits per heavy atom. The Kier molecular flexibility index (Phi) is 6.68. The van der Waals surface area contributed by atoms with Crippen LogP contribution in [0.1, 0.15) is 33.6 Å². The fourth-order valence-corrected chi connectivity index (χ4v) is 3.82. The molecule has 0 aromatic rings. The average Bonchev–Trinajstić information content (AvgIpc) is 2.18. The van der Waals surface area contributed by atoms with Gasteiger partial charge in [-0.15, -0.1) is 0 Å². The number of carbonyl (C=O) groups is 2. The van der Waals surface area contributed by atoms with E-state index in [0.717, 1.165) is 25.1 Å². The Hall–Kier alpha value is -0.483. The van der Waals surface area contributed by atoms with Crippen molar-refractivity contribution in [2.75, 3.05) is 6.61 Å². The summed E-state index contributed by atoms with van der Waals surface area (Å²) in [5.74, 6) is -0.578. The molecule has 0 saturated carbocycles. The van der Waals surface area contributed by atoms with Crippen molar-refractivity contribution in [2.24, 2.45) is 0 Å². The minimum atomic E-state index is -1.59. The van der Waals surface area contributed by atoms with Crippen molar-refractivity contribution >= 4 is 19.9 Å². The van der Waals surface area contributed by atoms with Crippen molar-refractivity contribution in [1.82, 2.24) is 0 Å². The molecule has 0 bridgehead atoms. The Morgan fingerprint density at radius 2 is 1.87 bits per heavy atom. The summed E-state index contributed by atoms with van der Waals surface area (Å²) in [5, 5.41) is 0. The maximum Gasteiger partial charge on any atom is 0.198 e. The normalized spacial score (nSPS) is 14.7. The zero-order valence-electron chi connectivity index (χ0n) is 10.3. The molecule has 0 amide bonds. The van der Waals surface area contributed by atoms with Gasteiger partial charge in [-0.2, -0.15) is 0 Å². The Bertz CT molecular complexity index is 228. The third kappa shape index (κ3) is 5.84. The molecule has 0 N–H and O–H groups in total. The summed E-state index contributed by atoms with van der Waals surface area (Å²) in [5.41, 5.74) is 0. The number of Topliss-reactive ketones (excluding diaryl/α,β-unsaturated/α-hetero) is 2. The van der Waals surface area contributed by atoms with Gasteiger partial charge < -0.3 is 4.43 Å². The molecule has 0 fully saturated rings. The van der Waals surface area contributed by atoms with Gasteiger partial charge >= 0.3 is 0 Å². The topological polar surface area (TPSA) is 43.4 Å². The molecule has 1 atom stereocenters. The number of carbonyl (C=O) groups excluding carboxylic acids is 2. The van der Waals surface area contributed by atoms with Gasteiger partial charge in [-0.1, -0.05) is 6.92 Å². The smallest absolute Gasteiger partial charge is 0.198 e. The lowest BCUT2D eigenvalue weighted by molar-refractivity contribution is -0.135. The number of rotatable bonds is 8. The van der Waals surface area contributed by atoms with Gasteiger partial charge in [0.25, 0.3) is 0 Å². The highest BCUT2D eigenvalue weighted by Gasteiger charge is 2.26. The average molecular weight is 230 g/mol. The van der Waals surface area contributed by atoms with Gasteiger partial charge in [0.05, 0.1) is 0 Å². The van der Waals surface area contributed by atoms with Gasteiger partial charge in [0.2, 0.25) is 0 Å². The van der Waals surface area contributed by atoms with Gasteiger partial charge in [-0.3, -0.25) is 9.59 Å². The van der Waals surface area contributed by atoms with Crippen LogP contribution in [-0.4, -0.2) is 26.5 Å². The molecular weight excluding hydrogens is 208 g/mol. The van der Waals surface area contributed by atoms with Crippen molar-refractivity contribution in [3.05, 3.63) is 0 Å². The molecule has 0 aliphatic carbocycles. The van der Waals surface area contributed by atoms with Gasteiger partial charge in [-0.05, 0) is 32.0 Å². The van der Waals surface area contributed by atoms with Crippen LogP contribution >= 0.6 is 0 Å². The summed E-state index contributed by atoms with van der Waals surface area (Å²) in [6, 6.07) is 2.03. The highest BCUT2D eigenvalue weighted by atomic mass is 28.4. The first kappa shape index (κ1) is 14.5. The predicted octanol–water partition coefficient (Wildman–Crippen LogP) is 2.56. The third-order valence-electron chi connectivity index (χ3n) is 2.74. The van der Waals surface area contributed by atoms with Crippen LogP contribution in [0.25, 0.3) is 0 Å². The van der Waals surface area contributed by atoms with Crippen LogP contribution in [0.2, 0.25) is 18.6 Å². The second-order valence-corrected chi connectivity index (χ2v) is 8.46. The lowest BCUT2D eigenvalue weighted by atomic mass is 10.2. The second kappa shape index (κ2) is 6.90. The third-order valence-corrected chi connectivity index (χ3v) is 6.64. The molecule has 0 saturated heterocycles. The van der Waals surface area contributed by atoms with Crippen LogP contribution in [-0.2, 0) is 14.0 Å². The lowest BCUT2D eigenvalue weighted by Crippen LogP contribution is -2.33. The number of ketones is 2. The molecule has 1 unspecified atom stereocenters. The van der Waals surface area contributed by atoms with Crippen LogP contribution in [0, 0.1) is 0 Å². The summed E-state index contributed by atoms with van der Waals surface area (Å²) in [6.07, 6.45) is 1.17.